The van der Waals surface area contributed by atoms with Crippen molar-refractivity contribution in [3.05, 3.63) is 47.5 Å². The first-order valence-electron chi connectivity index (χ1n) is 5.44. The third-order valence-corrected chi connectivity index (χ3v) is 3.23. The lowest BCUT2D eigenvalue weighted by Crippen LogP contribution is -2.31. The molecule has 1 heteroatoms. The van der Waals surface area contributed by atoms with E-state index >= 15 is 0 Å². The van der Waals surface area contributed by atoms with Gasteiger partial charge in [0.1, 0.15) is 0 Å². The zero-order valence-electron chi connectivity index (χ0n) is 9.29. The Morgan fingerprint density at radius 1 is 1.33 bits per heavy atom. The molecule has 2 rings (SSSR count). The molecule has 0 heterocycles. The number of rotatable bonds is 1. The predicted molar refractivity (Wildman–Crippen MR) is 62.0 cm³/mol. The van der Waals surface area contributed by atoms with Gasteiger partial charge in [0.25, 0.3) is 0 Å². The highest BCUT2D eigenvalue weighted by Crippen LogP contribution is 2.36. The first kappa shape index (κ1) is 10.2. The van der Waals surface area contributed by atoms with Gasteiger partial charge in [0.15, 0.2) is 5.78 Å². The summed E-state index contributed by atoms with van der Waals surface area (Å²) >= 11 is 0. The van der Waals surface area contributed by atoms with Gasteiger partial charge in [-0.1, -0.05) is 36.4 Å². The maximum Gasteiger partial charge on any atom is 0.172 e. The number of allylic oxidation sites excluding steroid dienone is 2. The van der Waals surface area contributed by atoms with Crippen LogP contribution in [0.4, 0.5) is 0 Å². The molecule has 0 saturated carbocycles. The Kier molecular flexibility index (Phi) is 2.47. The first-order chi connectivity index (χ1) is 7.17. The molecule has 1 aliphatic carbocycles. The largest absolute Gasteiger partial charge is 0.293 e. The average molecular weight is 200 g/mol. The molecule has 0 saturated heterocycles. The lowest BCUT2D eigenvalue weighted by Gasteiger charge is -2.30. The molecule has 0 radical (unpaired) electrons. The molecule has 78 valence electrons. The Balaban J connectivity index is 2.46. The molecule has 0 spiro atoms. The lowest BCUT2D eigenvalue weighted by atomic mass is 9.72. The number of ketones is 1. The minimum Gasteiger partial charge on any atom is -0.293 e. The van der Waals surface area contributed by atoms with Crippen molar-refractivity contribution in [2.75, 3.05) is 0 Å². The van der Waals surface area contributed by atoms with E-state index < -0.39 is 0 Å². The van der Waals surface area contributed by atoms with Crippen molar-refractivity contribution in [3.8, 4) is 0 Å². The second kappa shape index (κ2) is 3.65. The van der Waals surface area contributed by atoms with Gasteiger partial charge in [-0.3, -0.25) is 4.79 Å². The predicted octanol–water partition coefficient (Wildman–Crippen LogP) is 3.40. The van der Waals surface area contributed by atoms with Gasteiger partial charge in [0, 0.05) is 11.0 Å². The monoisotopic (exact) mass is 200 g/mol. The molecule has 0 N–H and O–H groups in total. The van der Waals surface area contributed by atoms with Crippen LogP contribution < -0.4 is 0 Å². The zero-order chi connectivity index (χ0) is 10.9. The summed E-state index contributed by atoms with van der Waals surface area (Å²) in [6, 6.07) is 7.95. The van der Waals surface area contributed by atoms with Crippen molar-refractivity contribution in [1.82, 2.24) is 0 Å². The molecule has 0 amide bonds. The highest BCUT2D eigenvalue weighted by Gasteiger charge is 2.35. The summed E-state index contributed by atoms with van der Waals surface area (Å²) in [4.78, 5) is 12.3. The van der Waals surface area contributed by atoms with Crippen molar-refractivity contribution in [2.45, 2.75) is 26.7 Å². The van der Waals surface area contributed by atoms with Crippen molar-refractivity contribution < 1.29 is 4.79 Å². The number of carbonyl (C=O) groups excluding carboxylic acids is 1. The van der Waals surface area contributed by atoms with E-state index in [1.165, 1.54) is 5.56 Å². The number of Topliss-reactive ketones (excluding diaryl/α,β-unsaturated/α-hetero) is 1. The summed E-state index contributed by atoms with van der Waals surface area (Å²) in [5, 5.41) is 0. The van der Waals surface area contributed by atoms with Crippen molar-refractivity contribution >= 4 is 5.78 Å². The molecule has 1 aromatic carbocycles. The van der Waals surface area contributed by atoms with Gasteiger partial charge in [-0.15, -0.1) is 0 Å². The maximum atomic E-state index is 12.3. The van der Waals surface area contributed by atoms with E-state index in [0.29, 0.717) is 0 Å². The van der Waals surface area contributed by atoms with Crippen LogP contribution in [-0.4, -0.2) is 5.78 Å². The Morgan fingerprint density at radius 3 is 2.80 bits per heavy atom. The van der Waals surface area contributed by atoms with Gasteiger partial charge < -0.3 is 0 Å². The normalized spacial score (nSPS) is 25.6. The van der Waals surface area contributed by atoms with E-state index in [1.54, 1.807) is 0 Å². The molecular formula is C14H16O. The number of hydrogen-bond acceptors (Lipinski definition) is 1. The van der Waals surface area contributed by atoms with E-state index in [9.17, 15) is 4.79 Å². The van der Waals surface area contributed by atoms with Crippen LogP contribution in [0.2, 0.25) is 0 Å². The second-order valence-electron chi connectivity index (χ2n) is 4.40. The SMILES string of the molecule is C/C=C/C1(C)CCc2ccccc2C1=O. The molecule has 0 aliphatic heterocycles. The quantitative estimate of drug-likeness (QED) is 0.635. The molecule has 0 aromatic heterocycles. The molecule has 0 fully saturated rings. The van der Waals surface area contributed by atoms with Crippen LogP contribution in [0.15, 0.2) is 36.4 Å². The molecular weight excluding hydrogens is 184 g/mol. The summed E-state index contributed by atoms with van der Waals surface area (Å²) in [6.45, 7) is 4.00. The fraction of sp³-hybridized carbons (Fsp3) is 0.357. The number of hydrogen-bond donors (Lipinski definition) is 0. The van der Waals surface area contributed by atoms with Crippen LogP contribution in [0.5, 0.6) is 0 Å². The van der Waals surface area contributed by atoms with E-state index in [2.05, 4.69) is 6.07 Å². The maximum absolute atomic E-state index is 12.3. The van der Waals surface area contributed by atoms with Crippen molar-refractivity contribution in [1.29, 1.82) is 0 Å². The number of aryl methyl sites for hydroxylation is 1. The van der Waals surface area contributed by atoms with Gasteiger partial charge in [-0.2, -0.15) is 0 Å². The molecule has 15 heavy (non-hydrogen) atoms. The van der Waals surface area contributed by atoms with Crippen LogP contribution in [0.1, 0.15) is 36.2 Å². The Labute approximate surface area is 90.8 Å². The van der Waals surface area contributed by atoms with Crippen LogP contribution in [0.3, 0.4) is 0 Å². The van der Waals surface area contributed by atoms with Crippen LogP contribution in [0, 0.1) is 5.41 Å². The topological polar surface area (TPSA) is 17.1 Å². The third-order valence-electron chi connectivity index (χ3n) is 3.23. The molecule has 1 nitrogen and oxygen atoms in total. The number of fused-ring (bicyclic) bond motifs is 1. The lowest BCUT2D eigenvalue weighted by molar-refractivity contribution is 0.0846. The average Bonchev–Trinajstić information content (AvgIpc) is 2.25. The van der Waals surface area contributed by atoms with Crippen molar-refractivity contribution in [2.24, 2.45) is 5.41 Å². The highest BCUT2D eigenvalue weighted by atomic mass is 16.1. The molecule has 1 atom stereocenters. The van der Waals surface area contributed by atoms with Crippen molar-refractivity contribution in [3.63, 3.8) is 0 Å². The minimum atomic E-state index is -0.289. The molecule has 0 bridgehead atoms. The van der Waals surface area contributed by atoms with Gasteiger partial charge in [-0.05, 0) is 32.3 Å². The zero-order valence-corrected chi connectivity index (χ0v) is 9.29. The first-order valence-corrected chi connectivity index (χ1v) is 5.44. The summed E-state index contributed by atoms with van der Waals surface area (Å²) in [7, 11) is 0. The molecule has 1 aliphatic rings. The van der Waals surface area contributed by atoms with E-state index in [4.69, 9.17) is 0 Å². The Bertz CT molecular complexity index is 417. The van der Waals surface area contributed by atoms with Crippen LogP contribution >= 0.6 is 0 Å². The standard InChI is InChI=1S/C14H16O/c1-3-9-14(2)10-8-11-6-4-5-7-12(11)13(14)15/h3-7,9H,8,10H2,1-2H3/b9-3+. The Morgan fingerprint density at radius 2 is 2.07 bits per heavy atom. The Hall–Kier alpha value is -1.37. The molecule has 1 aromatic rings. The van der Waals surface area contributed by atoms with E-state index in [0.717, 1.165) is 18.4 Å². The molecule has 1 unspecified atom stereocenters. The van der Waals surface area contributed by atoms with E-state index in [1.807, 2.05) is 44.2 Å². The summed E-state index contributed by atoms with van der Waals surface area (Å²) in [5.74, 6) is 0.266. The van der Waals surface area contributed by atoms with Gasteiger partial charge in [0.05, 0.1) is 0 Å². The van der Waals surface area contributed by atoms with Gasteiger partial charge >= 0.3 is 0 Å². The summed E-state index contributed by atoms with van der Waals surface area (Å²) in [6.07, 6.45) is 5.94. The fourth-order valence-corrected chi connectivity index (χ4v) is 2.30. The van der Waals surface area contributed by atoms with E-state index in [-0.39, 0.29) is 11.2 Å². The minimum absolute atomic E-state index is 0.266. The van der Waals surface area contributed by atoms with Crippen LogP contribution in [0.25, 0.3) is 0 Å². The number of carbonyl (C=O) groups is 1. The highest BCUT2D eigenvalue weighted by molar-refractivity contribution is 6.03. The van der Waals surface area contributed by atoms with Gasteiger partial charge in [-0.25, -0.2) is 0 Å². The van der Waals surface area contributed by atoms with Gasteiger partial charge in [0.2, 0.25) is 0 Å². The fourth-order valence-electron chi connectivity index (χ4n) is 2.30. The smallest absolute Gasteiger partial charge is 0.172 e. The number of benzene rings is 1. The second-order valence-corrected chi connectivity index (χ2v) is 4.40. The third kappa shape index (κ3) is 1.63. The van der Waals surface area contributed by atoms with Crippen LogP contribution in [-0.2, 0) is 6.42 Å². The summed E-state index contributed by atoms with van der Waals surface area (Å²) in [5.41, 5.74) is 1.82. The summed E-state index contributed by atoms with van der Waals surface area (Å²) < 4.78 is 0.